The quantitative estimate of drug-likeness (QED) is 0.650. The summed E-state index contributed by atoms with van der Waals surface area (Å²) < 4.78 is 18.5. The van der Waals surface area contributed by atoms with Crippen LogP contribution in [0.3, 0.4) is 0 Å². The van der Waals surface area contributed by atoms with Gasteiger partial charge in [-0.15, -0.1) is 0 Å². The number of aromatic nitrogens is 1. The van der Waals surface area contributed by atoms with Crippen molar-refractivity contribution in [3.63, 3.8) is 0 Å². The first-order valence-corrected chi connectivity index (χ1v) is 10.5. The average molecular weight is 441 g/mol. The van der Waals surface area contributed by atoms with Gasteiger partial charge in [0.05, 0.1) is 26.2 Å². The average Bonchev–Trinajstić information content (AvgIpc) is 3.06. The Kier molecular flexibility index (Phi) is 6.09. The van der Waals surface area contributed by atoms with Gasteiger partial charge >= 0.3 is 6.09 Å². The highest BCUT2D eigenvalue weighted by Gasteiger charge is 2.21. The second kappa shape index (κ2) is 8.96. The number of aryl methyl sites for hydroxylation is 1. The van der Waals surface area contributed by atoms with Crippen molar-refractivity contribution in [1.82, 2.24) is 14.4 Å². The second-order valence-electron chi connectivity index (χ2n) is 7.88. The summed E-state index contributed by atoms with van der Waals surface area (Å²) in [4.78, 5) is 27.6. The molecule has 9 nitrogen and oxygen atoms in total. The van der Waals surface area contributed by atoms with Crippen LogP contribution in [0.2, 0.25) is 0 Å². The number of hydrogen-bond acceptors (Lipinski definition) is 6. The van der Waals surface area contributed by atoms with Crippen molar-refractivity contribution < 1.29 is 23.8 Å². The number of fused-ring (bicyclic) bond motifs is 1. The lowest BCUT2D eigenvalue weighted by Crippen LogP contribution is -2.33. The summed E-state index contributed by atoms with van der Waals surface area (Å²) in [5.41, 5.74) is 2.02. The van der Waals surface area contributed by atoms with E-state index >= 15 is 0 Å². The van der Waals surface area contributed by atoms with E-state index in [1.807, 2.05) is 18.2 Å². The highest BCUT2D eigenvalue weighted by atomic mass is 16.5. The number of methoxy groups -OCH3 is 2. The molecule has 9 heteroatoms. The Morgan fingerprint density at radius 2 is 1.88 bits per heavy atom. The molecule has 0 aliphatic carbocycles. The summed E-state index contributed by atoms with van der Waals surface area (Å²) in [5, 5.41) is 9.75. The normalized spacial score (nSPS) is 15.0. The van der Waals surface area contributed by atoms with Crippen molar-refractivity contribution in [2.24, 2.45) is 7.05 Å². The van der Waals surface area contributed by atoms with Gasteiger partial charge in [0.15, 0.2) is 11.5 Å². The van der Waals surface area contributed by atoms with Crippen LogP contribution < -0.4 is 15.0 Å². The molecular weight excluding hydrogens is 414 g/mol. The predicted molar refractivity (Wildman–Crippen MR) is 119 cm³/mol. The molecule has 0 spiro atoms. The minimum absolute atomic E-state index is 0.132. The summed E-state index contributed by atoms with van der Waals surface area (Å²) in [7, 11) is 4.88. The Labute approximate surface area is 185 Å². The zero-order valence-electron chi connectivity index (χ0n) is 18.5. The van der Waals surface area contributed by atoms with Gasteiger partial charge in [0.25, 0.3) is 5.56 Å². The van der Waals surface area contributed by atoms with Crippen LogP contribution in [0.4, 0.5) is 4.79 Å². The summed E-state index contributed by atoms with van der Waals surface area (Å²) in [6.07, 6.45) is 1.62. The lowest BCUT2D eigenvalue weighted by molar-refractivity contribution is 0.146. The number of hydrogen-bond donors (Lipinski definition) is 1. The molecule has 0 atom stereocenters. The first-order valence-electron chi connectivity index (χ1n) is 10.5. The van der Waals surface area contributed by atoms with Crippen molar-refractivity contribution in [3.05, 3.63) is 46.6 Å². The minimum atomic E-state index is -0.890. The van der Waals surface area contributed by atoms with E-state index in [4.69, 9.17) is 13.9 Å². The molecule has 1 aliphatic rings. The van der Waals surface area contributed by atoms with E-state index in [1.54, 1.807) is 38.1 Å². The largest absolute Gasteiger partial charge is 0.493 e. The Morgan fingerprint density at radius 3 is 2.59 bits per heavy atom. The fraction of sp³-hybridized carbons (Fsp3) is 0.391. The SMILES string of the molecule is COc1ccc(-c2cn(C)c(=O)c3cc(CN4CCCN(C(=O)O)CC4)oc23)cc1OC. The summed E-state index contributed by atoms with van der Waals surface area (Å²) in [6.45, 7) is 2.87. The number of furan rings is 1. The standard InChI is InChI=1S/C23H27N3O6/c1-24-14-18(15-5-6-19(30-2)20(11-15)31-3)21-17(22(24)27)12-16(32-21)13-25-7-4-8-26(10-9-25)23(28)29/h5-6,11-12,14H,4,7-10,13H2,1-3H3,(H,28,29). The van der Waals surface area contributed by atoms with Gasteiger partial charge in [0.2, 0.25) is 0 Å². The number of nitrogens with zero attached hydrogens (tertiary/aromatic N) is 3. The number of benzene rings is 1. The van der Waals surface area contributed by atoms with Crippen LogP contribution >= 0.6 is 0 Å². The molecule has 2 aromatic heterocycles. The van der Waals surface area contributed by atoms with Crippen molar-refractivity contribution in [1.29, 1.82) is 0 Å². The molecule has 0 saturated carbocycles. The maximum absolute atomic E-state index is 12.8. The van der Waals surface area contributed by atoms with Crippen molar-refractivity contribution >= 4 is 17.1 Å². The molecule has 0 bridgehead atoms. The number of carbonyl (C=O) groups is 1. The molecule has 3 aromatic rings. The predicted octanol–water partition coefficient (Wildman–Crippen LogP) is 3.00. The van der Waals surface area contributed by atoms with Gasteiger partial charge < -0.3 is 28.5 Å². The maximum Gasteiger partial charge on any atom is 0.407 e. The third-order valence-corrected chi connectivity index (χ3v) is 5.83. The number of pyridine rings is 1. The number of ether oxygens (including phenoxy) is 2. The van der Waals surface area contributed by atoms with Crippen LogP contribution in [0.5, 0.6) is 11.5 Å². The van der Waals surface area contributed by atoms with Crippen LogP contribution in [0, 0.1) is 0 Å². The van der Waals surface area contributed by atoms with E-state index in [1.165, 1.54) is 4.90 Å². The summed E-state index contributed by atoms with van der Waals surface area (Å²) >= 11 is 0. The molecule has 4 rings (SSSR count). The Hall–Kier alpha value is -3.46. The van der Waals surface area contributed by atoms with Crippen LogP contribution in [0.25, 0.3) is 22.1 Å². The molecule has 0 unspecified atom stereocenters. The van der Waals surface area contributed by atoms with Crippen LogP contribution in [0.1, 0.15) is 12.2 Å². The van der Waals surface area contributed by atoms with Crippen LogP contribution in [-0.2, 0) is 13.6 Å². The molecule has 170 valence electrons. The molecule has 32 heavy (non-hydrogen) atoms. The lowest BCUT2D eigenvalue weighted by Gasteiger charge is -2.19. The van der Waals surface area contributed by atoms with E-state index < -0.39 is 6.09 Å². The Bertz CT molecular complexity index is 1200. The second-order valence-corrected chi connectivity index (χ2v) is 7.88. The van der Waals surface area contributed by atoms with Crippen molar-refractivity contribution in [2.75, 3.05) is 40.4 Å². The number of carboxylic acid groups (broad SMARTS) is 1. The van der Waals surface area contributed by atoms with Gasteiger partial charge in [0, 0.05) is 45.0 Å². The molecule has 1 saturated heterocycles. The Morgan fingerprint density at radius 1 is 1.09 bits per heavy atom. The van der Waals surface area contributed by atoms with E-state index in [2.05, 4.69) is 4.90 Å². The van der Waals surface area contributed by atoms with Gasteiger partial charge in [-0.25, -0.2) is 4.79 Å². The van der Waals surface area contributed by atoms with Crippen LogP contribution in [-0.4, -0.2) is 66.0 Å². The van der Waals surface area contributed by atoms with E-state index in [-0.39, 0.29) is 5.56 Å². The fourth-order valence-electron chi connectivity index (χ4n) is 4.13. The summed E-state index contributed by atoms with van der Waals surface area (Å²) in [6, 6.07) is 7.37. The van der Waals surface area contributed by atoms with Crippen LogP contribution in [0.15, 0.2) is 39.7 Å². The fourth-order valence-corrected chi connectivity index (χ4v) is 4.13. The van der Waals surface area contributed by atoms with Gasteiger partial charge in [-0.05, 0) is 30.2 Å². The molecule has 3 heterocycles. The minimum Gasteiger partial charge on any atom is -0.493 e. The van der Waals surface area contributed by atoms with Gasteiger partial charge in [-0.3, -0.25) is 9.69 Å². The zero-order chi connectivity index (χ0) is 22.8. The topological polar surface area (TPSA) is 97.4 Å². The zero-order valence-corrected chi connectivity index (χ0v) is 18.5. The molecule has 1 N–H and O–H groups in total. The smallest absolute Gasteiger partial charge is 0.407 e. The number of rotatable bonds is 5. The monoisotopic (exact) mass is 441 g/mol. The Balaban J connectivity index is 1.69. The molecule has 1 aliphatic heterocycles. The maximum atomic E-state index is 12.8. The van der Waals surface area contributed by atoms with Crippen molar-refractivity contribution in [3.8, 4) is 22.6 Å². The van der Waals surface area contributed by atoms with E-state index in [9.17, 15) is 14.7 Å². The molecule has 1 amide bonds. The van der Waals surface area contributed by atoms with E-state index in [0.717, 1.165) is 24.1 Å². The molecule has 1 fully saturated rings. The van der Waals surface area contributed by atoms with Gasteiger partial charge in [-0.1, -0.05) is 6.07 Å². The third-order valence-electron chi connectivity index (χ3n) is 5.83. The molecule has 0 radical (unpaired) electrons. The first-order chi connectivity index (χ1) is 15.4. The van der Waals surface area contributed by atoms with E-state index in [0.29, 0.717) is 54.4 Å². The van der Waals surface area contributed by atoms with Gasteiger partial charge in [0.1, 0.15) is 11.3 Å². The lowest BCUT2D eigenvalue weighted by atomic mass is 10.1. The van der Waals surface area contributed by atoms with Gasteiger partial charge in [-0.2, -0.15) is 0 Å². The van der Waals surface area contributed by atoms with Crippen molar-refractivity contribution in [2.45, 2.75) is 13.0 Å². The third kappa shape index (κ3) is 4.16. The molecule has 1 aromatic carbocycles. The highest BCUT2D eigenvalue weighted by Crippen LogP contribution is 2.35. The molecular formula is C23H27N3O6. The first kappa shape index (κ1) is 21.8. The number of amides is 1. The summed E-state index contributed by atoms with van der Waals surface area (Å²) in [5.74, 6) is 1.88. The highest BCUT2D eigenvalue weighted by molar-refractivity contribution is 5.92.